The molecule has 4 heteroatoms. The minimum absolute atomic E-state index is 0.195. The number of methoxy groups -OCH3 is 1. The van der Waals surface area contributed by atoms with Gasteiger partial charge in [0.2, 0.25) is 0 Å². The van der Waals surface area contributed by atoms with Crippen molar-refractivity contribution in [3.8, 4) is 0 Å². The van der Waals surface area contributed by atoms with Gasteiger partial charge in [0.25, 0.3) is 0 Å². The molecule has 1 rings (SSSR count). The molecule has 0 amide bonds. The van der Waals surface area contributed by atoms with Crippen molar-refractivity contribution < 1.29 is 14.3 Å². The Kier molecular flexibility index (Phi) is 4.79. The predicted octanol–water partition coefficient (Wildman–Crippen LogP) is 1.39. The van der Waals surface area contributed by atoms with E-state index in [2.05, 4.69) is 0 Å². The minimum atomic E-state index is -0.289. The number of nitrogen functional groups attached to an aromatic ring is 1. The largest absolute Gasteiger partial charge is 0.460 e. The van der Waals surface area contributed by atoms with E-state index in [0.717, 1.165) is 5.56 Å². The van der Waals surface area contributed by atoms with Crippen LogP contribution < -0.4 is 5.73 Å². The quantitative estimate of drug-likeness (QED) is 0.605. The van der Waals surface area contributed by atoms with Crippen molar-refractivity contribution in [1.29, 1.82) is 0 Å². The Labute approximate surface area is 95.3 Å². The van der Waals surface area contributed by atoms with E-state index in [1.54, 1.807) is 20.1 Å². The van der Waals surface area contributed by atoms with Crippen LogP contribution in [0.1, 0.15) is 12.5 Å². The van der Waals surface area contributed by atoms with Crippen molar-refractivity contribution in [2.24, 2.45) is 0 Å². The third-order valence-electron chi connectivity index (χ3n) is 2.12. The average molecular weight is 223 g/mol. The van der Waals surface area contributed by atoms with E-state index in [1.807, 2.05) is 18.2 Å². The molecule has 0 saturated heterocycles. The number of ether oxygens (including phenoxy) is 2. The Morgan fingerprint density at radius 3 is 2.75 bits per heavy atom. The fraction of sp³-hybridized carbons (Fsp3) is 0.417. The molecule has 4 nitrogen and oxygen atoms in total. The Morgan fingerprint density at radius 2 is 2.12 bits per heavy atom. The first-order valence-corrected chi connectivity index (χ1v) is 5.15. The molecule has 0 radical (unpaired) electrons. The standard InChI is InChI=1S/C12H17NO3/c1-9(8-15-2)16-12(14)7-10-5-3-4-6-11(10)13/h3-6,9H,7-8,13H2,1-2H3/t9-/m1/s1. The van der Waals surface area contributed by atoms with Crippen LogP contribution in [0.4, 0.5) is 5.69 Å². The van der Waals surface area contributed by atoms with Gasteiger partial charge in [-0.2, -0.15) is 0 Å². The lowest BCUT2D eigenvalue weighted by atomic mass is 10.1. The molecule has 16 heavy (non-hydrogen) atoms. The second-order valence-corrected chi connectivity index (χ2v) is 3.63. The highest BCUT2D eigenvalue weighted by Gasteiger charge is 2.11. The van der Waals surface area contributed by atoms with Crippen molar-refractivity contribution in [3.05, 3.63) is 29.8 Å². The normalized spacial score (nSPS) is 12.1. The van der Waals surface area contributed by atoms with Crippen molar-refractivity contribution in [2.45, 2.75) is 19.4 Å². The summed E-state index contributed by atoms with van der Waals surface area (Å²) in [5, 5.41) is 0. The van der Waals surface area contributed by atoms with Crippen LogP contribution in [0.3, 0.4) is 0 Å². The average Bonchev–Trinajstić information content (AvgIpc) is 2.21. The fourth-order valence-electron chi connectivity index (χ4n) is 1.39. The number of para-hydroxylation sites is 1. The van der Waals surface area contributed by atoms with Gasteiger partial charge in [0.15, 0.2) is 0 Å². The fourth-order valence-corrected chi connectivity index (χ4v) is 1.39. The topological polar surface area (TPSA) is 61.5 Å². The summed E-state index contributed by atoms with van der Waals surface area (Å²) in [7, 11) is 1.57. The monoisotopic (exact) mass is 223 g/mol. The van der Waals surface area contributed by atoms with Crippen LogP contribution >= 0.6 is 0 Å². The molecule has 0 unspecified atom stereocenters. The molecular weight excluding hydrogens is 206 g/mol. The Morgan fingerprint density at radius 1 is 1.44 bits per heavy atom. The van der Waals surface area contributed by atoms with Crippen LogP contribution in [-0.2, 0) is 20.7 Å². The van der Waals surface area contributed by atoms with Gasteiger partial charge < -0.3 is 15.2 Å². The van der Waals surface area contributed by atoms with Gasteiger partial charge in [-0.1, -0.05) is 18.2 Å². The first-order valence-electron chi connectivity index (χ1n) is 5.15. The zero-order chi connectivity index (χ0) is 12.0. The van der Waals surface area contributed by atoms with E-state index in [1.165, 1.54) is 0 Å². The first kappa shape index (κ1) is 12.5. The van der Waals surface area contributed by atoms with Gasteiger partial charge in [0.05, 0.1) is 13.0 Å². The molecule has 0 aliphatic rings. The van der Waals surface area contributed by atoms with E-state index in [4.69, 9.17) is 15.2 Å². The van der Waals surface area contributed by atoms with Gasteiger partial charge in [-0.3, -0.25) is 4.79 Å². The number of carbonyl (C=O) groups is 1. The van der Waals surface area contributed by atoms with Crippen molar-refractivity contribution in [3.63, 3.8) is 0 Å². The molecule has 0 aliphatic carbocycles. The maximum absolute atomic E-state index is 11.5. The van der Waals surface area contributed by atoms with Gasteiger partial charge in [-0.25, -0.2) is 0 Å². The van der Waals surface area contributed by atoms with Gasteiger partial charge >= 0.3 is 5.97 Å². The highest BCUT2D eigenvalue weighted by molar-refractivity contribution is 5.74. The summed E-state index contributed by atoms with van der Waals surface area (Å²) in [6, 6.07) is 7.26. The third kappa shape index (κ3) is 3.90. The van der Waals surface area contributed by atoms with Crippen LogP contribution in [0.2, 0.25) is 0 Å². The van der Waals surface area contributed by atoms with E-state index < -0.39 is 0 Å². The number of nitrogens with two attached hydrogens (primary N) is 1. The van der Waals surface area contributed by atoms with E-state index in [0.29, 0.717) is 12.3 Å². The maximum atomic E-state index is 11.5. The number of anilines is 1. The van der Waals surface area contributed by atoms with E-state index in [-0.39, 0.29) is 18.5 Å². The third-order valence-corrected chi connectivity index (χ3v) is 2.12. The second kappa shape index (κ2) is 6.12. The SMILES string of the molecule is COC[C@@H](C)OC(=O)Cc1ccccc1N. The maximum Gasteiger partial charge on any atom is 0.310 e. The molecule has 0 aliphatic heterocycles. The molecule has 0 saturated carbocycles. The van der Waals surface area contributed by atoms with Crippen molar-refractivity contribution in [2.75, 3.05) is 19.5 Å². The van der Waals surface area contributed by atoms with Crippen LogP contribution in [0.5, 0.6) is 0 Å². The van der Waals surface area contributed by atoms with Crippen LogP contribution in [0.25, 0.3) is 0 Å². The summed E-state index contributed by atoms with van der Waals surface area (Å²) in [4.78, 5) is 11.5. The van der Waals surface area contributed by atoms with Crippen LogP contribution in [0, 0.1) is 0 Å². The number of carbonyl (C=O) groups excluding carboxylic acids is 1. The lowest BCUT2D eigenvalue weighted by Gasteiger charge is -2.12. The minimum Gasteiger partial charge on any atom is -0.460 e. The Bertz CT molecular complexity index is 352. The summed E-state index contributed by atoms with van der Waals surface area (Å²) < 4.78 is 10.0. The molecule has 0 bridgehead atoms. The zero-order valence-electron chi connectivity index (χ0n) is 9.60. The smallest absolute Gasteiger partial charge is 0.310 e. The number of hydrogen-bond acceptors (Lipinski definition) is 4. The zero-order valence-corrected chi connectivity index (χ0v) is 9.60. The van der Waals surface area contributed by atoms with E-state index in [9.17, 15) is 4.79 Å². The lowest BCUT2D eigenvalue weighted by Crippen LogP contribution is -2.21. The molecule has 2 N–H and O–H groups in total. The number of benzene rings is 1. The van der Waals surface area contributed by atoms with E-state index >= 15 is 0 Å². The molecule has 88 valence electrons. The first-order chi connectivity index (χ1) is 7.63. The number of esters is 1. The second-order valence-electron chi connectivity index (χ2n) is 3.63. The highest BCUT2D eigenvalue weighted by Crippen LogP contribution is 2.12. The van der Waals surface area contributed by atoms with Gasteiger partial charge in [0.1, 0.15) is 6.10 Å². The van der Waals surface area contributed by atoms with Gasteiger partial charge in [-0.05, 0) is 18.6 Å². The molecular formula is C12H17NO3. The Hall–Kier alpha value is -1.55. The molecule has 1 aromatic rings. The summed E-state index contributed by atoms with van der Waals surface area (Å²) in [5.74, 6) is -0.289. The molecule has 1 atom stereocenters. The Balaban J connectivity index is 2.49. The van der Waals surface area contributed by atoms with Crippen LogP contribution in [0.15, 0.2) is 24.3 Å². The predicted molar refractivity (Wildman–Crippen MR) is 62.0 cm³/mol. The van der Waals surface area contributed by atoms with Crippen molar-refractivity contribution in [1.82, 2.24) is 0 Å². The molecule has 1 aromatic carbocycles. The molecule has 0 spiro atoms. The molecule has 0 heterocycles. The van der Waals surface area contributed by atoms with Crippen molar-refractivity contribution >= 4 is 11.7 Å². The highest BCUT2D eigenvalue weighted by atomic mass is 16.6. The summed E-state index contributed by atoms with van der Waals surface area (Å²) in [6.45, 7) is 2.19. The summed E-state index contributed by atoms with van der Waals surface area (Å²) >= 11 is 0. The summed E-state index contributed by atoms with van der Waals surface area (Å²) in [5.41, 5.74) is 7.12. The number of hydrogen-bond donors (Lipinski definition) is 1. The summed E-state index contributed by atoms with van der Waals surface area (Å²) in [6.07, 6.45) is -0.0387. The molecule has 0 fully saturated rings. The van der Waals surface area contributed by atoms with Gasteiger partial charge in [0, 0.05) is 12.8 Å². The van der Waals surface area contributed by atoms with Crippen LogP contribution in [-0.4, -0.2) is 25.8 Å². The molecule has 0 aromatic heterocycles. The van der Waals surface area contributed by atoms with Gasteiger partial charge in [-0.15, -0.1) is 0 Å². The lowest BCUT2D eigenvalue weighted by molar-refractivity contribution is -0.149. The number of rotatable bonds is 5.